The maximum Gasteiger partial charge on any atom is 0.336 e. The molecule has 2 rings (SSSR count). The van der Waals surface area contributed by atoms with E-state index in [0.717, 1.165) is 0 Å². The minimum atomic E-state index is -1.05. The number of carboxylic acids is 1. The number of aliphatic carboxylic acids is 1. The third-order valence-corrected chi connectivity index (χ3v) is 2.55. The summed E-state index contributed by atoms with van der Waals surface area (Å²) in [6, 6.07) is 10.2. The van der Waals surface area contributed by atoms with E-state index in [1.165, 1.54) is 12.3 Å². The van der Waals surface area contributed by atoms with Crippen LogP contribution >= 0.6 is 11.6 Å². The van der Waals surface area contributed by atoms with Crippen LogP contribution < -0.4 is 0 Å². The van der Waals surface area contributed by atoms with E-state index in [1.807, 2.05) is 0 Å². The molecule has 0 saturated heterocycles. The van der Waals surface area contributed by atoms with E-state index in [9.17, 15) is 9.90 Å². The molecule has 3 nitrogen and oxygen atoms in total. The van der Waals surface area contributed by atoms with Crippen LogP contribution in [0.1, 0.15) is 11.3 Å². The predicted octanol–water partition coefficient (Wildman–Crippen LogP) is 3.56. The van der Waals surface area contributed by atoms with Gasteiger partial charge in [-0.15, -0.1) is 0 Å². The number of furan rings is 1. The lowest BCUT2D eigenvalue weighted by Gasteiger charge is -2.04. The van der Waals surface area contributed by atoms with E-state index in [1.54, 1.807) is 36.4 Å². The van der Waals surface area contributed by atoms with Gasteiger partial charge in [0.2, 0.25) is 0 Å². The van der Waals surface area contributed by atoms with Gasteiger partial charge < -0.3 is 9.52 Å². The number of carboxylic acid groups (broad SMARTS) is 1. The summed E-state index contributed by atoms with van der Waals surface area (Å²) in [5.41, 5.74) is 0.573. The van der Waals surface area contributed by atoms with Crippen LogP contribution in [0.3, 0.4) is 0 Å². The largest absolute Gasteiger partial charge is 0.478 e. The lowest BCUT2D eigenvalue weighted by atomic mass is 10.1. The maximum atomic E-state index is 11.2. The fourth-order valence-corrected chi connectivity index (χ4v) is 1.69. The van der Waals surface area contributed by atoms with E-state index in [2.05, 4.69) is 0 Å². The number of hydrogen-bond acceptors (Lipinski definition) is 2. The van der Waals surface area contributed by atoms with Crippen molar-refractivity contribution in [1.82, 2.24) is 0 Å². The highest BCUT2D eigenvalue weighted by molar-refractivity contribution is 6.35. The fraction of sp³-hybridized carbons (Fsp3) is 0. The van der Waals surface area contributed by atoms with Gasteiger partial charge in [0, 0.05) is 10.6 Å². The number of carbonyl (C=O) groups is 1. The molecule has 0 fully saturated rings. The lowest BCUT2D eigenvalue weighted by molar-refractivity contribution is -0.130. The van der Waals surface area contributed by atoms with Crippen molar-refractivity contribution >= 4 is 29.2 Å². The highest BCUT2D eigenvalue weighted by Crippen LogP contribution is 2.25. The topological polar surface area (TPSA) is 50.4 Å². The number of benzene rings is 1. The van der Waals surface area contributed by atoms with Gasteiger partial charge in [-0.05, 0) is 24.3 Å². The Balaban J connectivity index is 2.51. The van der Waals surface area contributed by atoms with Crippen LogP contribution in [-0.2, 0) is 4.79 Å². The molecule has 2 aromatic rings. The Morgan fingerprint density at radius 2 is 2.00 bits per heavy atom. The molecule has 86 valence electrons. The Kier molecular flexibility index (Phi) is 3.30. The molecule has 0 saturated carbocycles. The molecule has 0 spiro atoms. The molecule has 0 amide bonds. The van der Waals surface area contributed by atoms with Crippen LogP contribution in [0, 0.1) is 0 Å². The van der Waals surface area contributed by atoms with Crippen molar-refractivity contribution < 1.29 is 14.3 Å². The van der Waals surface area contributed by atoms with Gasteiger partial charge in [-0.2, -0.15) is 0 Å². The van der Waals surface area contributed by atoms with Gasteiger partial charge in [-0.25, -0.2) is 4.79 Å². The molecule has 0 unspecified atom stereocenters. The van der Waals surface area contributed by atoms with E-state index in [4.69, 9.17) is 16.0 Å². The summed E-state index contributed by atoms with van der Waals surface area (Å²) in [6.45, 7) is 0. The van der Waals surface area contributed by atoms with Crippen LogP contribution in [-0.4, -0.2) is 11.1 Å². The average Bonchev–Trinajstić information content (AvgIpc) is 2.79. The Morgan fingerprint density at radius 1 is 1.24 bits per heavy atom. The molecule has 1 heterocycles. The molecule has 0 radical (unpaired) electrons. The van der Waals surface area contributed by atoms with Crippen LogP contribution in [0.15, 0.2) is 47.1 Å². The predicted molar refractivity (Wildman–Crippen MR) is 65.7 cm³/mol. The zero-order chi connectivity index (χ0) is 12.3. The number of rotatable bonds is 3. The summed E-state index contributed by atoms with van der Waals surface area (Å²) in [5, 5.41) is 9.58. The standard InChI is InChI=1S/C13H9ClO3/c14-12-6-2-1-5-10(12)11(13(15)16)8-9-4-3-7-17-9/h1-8H,(H,15,16)/b11-8+. The molecule has 17 heavy (non-hydrogen) atoms. The summed E-state index contributed by atoms with van der Waals surface area (Å²) in [5.74, 6) is -0.572. The Morgan fingerprint density at radius 3 is 2.59 bits per heavy atom. The molecular weight excluding hydrogens is 240 g/mol. The SMILES string of the molecule is O=C(O)/C(=C/c1ccco1)c1ccccc1Cl. The Hall–Kier alpha value is -2.00. The Labute approximate surface area is 103 Å². The zero-order valence-corrected chi connectivity index (χ0v) is 9.52. The molecule has 1 N–H and O–H groups in total. The molecule has 0 atom stereocenters. The van der Waals surface area contributed by atoms with Crippen LogP contribution in [0.5, 0.6) is 0 Å². The smallest absolute Gasteiger partial charge is 0.336 e. The van der Waals surface area contributed by atoms with Crippen molar-refractivity contribution in [3.63, 3.8) is 0 Å². The fourth-order valence-electron chi connectivity index (χ4n) is 1.45. The highest BCUT2D eigenvalue weighted by atomic mass is 35.5. The van der Waals surface area contributed by atoms with Gasteiger partial charge in [-0.1, -0.05) is 29.8 Å². The summed E-state index contributed by atoms with van der Waals surface area (Å²) in [4.78, 5) is 11.2. The molecule has 1 aromatic heterocycles. The quantitative estimate of drug-likeness (QED) is 0.845. The number of hydrogen-bond donors (Lipinski definition) is 1. The summed E-state index contributed by atoms with van der Waals surface area (Å²) < 4.78 is 5.09. The first-order chi connectivity index (χ1) is 8.18. The van der Waals surface area contributed by atoms with Crippen molar-refractivity contribution in [2.45, 2.75) is 0 Å². The summed E-state index contributed by atoms with van der Waals surface area (Å²) in [7, 11) is 0. The van der Waals surface area contributed by atoms with Crippen LogP contribution in [0.4, 0.5) is 0 Å². The summed E-state index contributed by atoms with van der Waals surface area (Å²) in [6.07, 6.45) is 2.93. The van der Waals surface area contributed by atoms with Gasteiger partial charge in [0.05, 0.1) is 11.8 Å². The van der Waals surface area contributed by atoms with Gasteiger partial charge in [0.25, 0.3) is 0 Å². The van der Waals surface area contributed by atoms with E-state index in [-0.39, 0.29) is 5.57 Å². The minimum Gasteiger partial charge on any atom is -0.478 e. The maximum absolute atomic E-state index is 11.2. The van der Waals surface area contributed by atoms with E-state index in [0.29, 0.717) is 16.3 Å². The van der Waals surface area contributed by atoms with Crippen molar-refractivity contribution in [3.05, 3.63) is 59.0 Å². The number of halogens is 1. The van der Waals surface area contributed by atoms with E-state index < -0.39 is 5.97 Å². The van der Waals surface area contributed by atoms with Crippen molar-refractivity contribution in [2.24, 2.45) is 0 Å². The van der Waals surface area contributed by atoms with Gasteiger partial charge in [-0.3, -0.25) is 0 Å². The molecule has 1 aromatic carbocycles. The lowest BCUT2D eigenvalue weighted by Crippen LogP contribution is -2.00. The second kappa shape index (κ2) is 4.89. The second-order valence-electron chi connectivity index (χ2n) is 3.36. The van der Waals surface area contributed by atoms with Crippen molar-refractivity contribution in [3.8, 4) is 0 Å². The normalized spacial score (nSPS) is 11.5. The first-order valence-electron chi connectivity index (χ1n) is 4.92. The molecule has 0 aliphatic heterocycles. The van der Waals surface area contributed by atoms with Crippen molar-refractivity contribution in [2.75, 3.05) is 0 Å². The van der Waals surface area contributed by atoms with Gasteiger partial charge in [0.1, 0.15) is 5.76 Å². The molecule has 0 bridgehead atoms. The van der Waals surface area contributed by atoms with E-state index >= 15 is 0 Å². The second-order valence-corrected chi connectivity index (χ2v) is 3.77. The third kappa shape index (κ3) is 2.57. The van der Waals surface area contributed by atoms with Crippen LogP contribution in [0.2, 0.25) is 5.02 Å². The van der Waals surface area contributed by atoms with Crippen molar-refractivity contribution in [1.29, 1.82) is 0 Å². The minimum absolute atomic E-state index is 0.102. The van der Waals surface area contributed by atoms with Gasteiger partial charge >= 0.3 is 5.97 Å². The first-order valence-corrected chi connectivity index (χ1v) is 5.29. The Bertz CT molecular complexity index is 556. The monoisotopic (exact) mass is 248 g/mol. The molecule has 0 aliphatic rings. The first kappa shape index (κ1) is 11.5. The summed E-state index contributed by atoms with van der Waals surface area (Å²) >= 11 is 5.97. The van der Waals surface area contributed by atoms with Crippen LogP contribution in [0.25, 0.3) is 11.6 Å². The molecular formula is C13H9ClO3. The average molecular weight is 249 g/mol. The molecule has 0 aliphatic carbocycles. The van der Waals surface area contributed by atoms with Gasteiger partial charge in [0.15, 0.2) is 0 Å². The zero-order valence-electron chi connectivity index (χ0n) is 8.76. The molecule has 4 heteroatoms. The highest BCUT2D eigenvalue weighted by Gasteiger charge is 2.13. The third-order valence-electron chi connectivity index (χ3n) is 2.22.